The zero-order valence-corrected chi connectivity index (χ0v) is 11.8. The number of nitrogens with zero attached hydrogens (tertiary/aromatic N) is 1. The van der Waals surface area contributed by atoms with Gasteiger partial charge in [-0.25, -0.2) is 0 Å². The Kier molecular flexibility index (Phi) is 4.21. The van der Waals surface area contributed by atoms with Crippen LogP contribution in [0.1, 0.15) is 40.5 Å². The Hall–Kier alpha value is -0.0500. The third-order valence-corrected chi connectivity index (χ3v) is 4.48. The third-order valence-electron chi connectivity index (χ3n) is 3.63. The summed E-state index contributed by atoms with van der Waals surface area (Å²) in [6.07, 6.45) is 2.10. The first-order valence-corrected chi connectivity index (χ1v) is 6.69. The molecule has 0 N–H and O–H groups in total. The van der Waals surface area contributed by atoms with Crippen LogP contribution in [0.5, 0.6) is 0 Å². The molecule has 1 unspecified atom stereocenters. The molecule has 0 radical (unpaired) electrons. The quantitative estimate of drug-likeness (QED) is 0.725. The molecule has 15 heavy (non-hydrogen) atoms. The van der Waals surface area contributed by atoms with Crippen molar-refractivity contribution in [2.75, 3.05) is 13.1 Å². The van der Waals surface area contributed by atoms with Crippen molar-refractivity contribution < 1.29 is 4.79 Å². The van der Waals surface area contributed by atoms with E-state index >= 15 is 0 Å². The molecule has 0 bridgehead atoms. The van der Waals surface area contributed by atoms with Gasteiger partial charge in [0, 0.05) is 13.1 Å². The maximum absolute atomic E-state index is 11.9. The number of likely N-dealkylation sites (tertiary alicyclic amines) is 1. The van der Waals surface area contributed by atoms with Gasteiger partial charge in [-0.1, -0.05) is 43.6 Å². The van der Waals surface area contributed by atoms with Gasteiger partial charge in [-0.05, 0) is 24.2 Å². The largest absolute Gasteiger partial charge is 0.341 e. The fourth-order valence-electron chi connectivity index (χ4n) is 1.72. The standard InChI is InChI=1S/C12H22BrNO/c1-9(2)12(3,4)8-14-7-5-6-10(13)11(14)15/h9-10H,5-8H2,1-4H3. The van der Waals surface area contributed by atoms with E-state index < -0.39 is 0 Å². The molecule has 1 heterocycles. The molecule has 3 heteroatoms. The monoisotopic (exact) mass is 275 g/mol. The van der Waals surface area contributed by atoms with Gasteiger partial charge in [0.2, 0.25) is 5.91 Å². The van der Waals surface area contributed by atoms with Gasteiger partial charge >= 0.3 is 0 Å². The summed E-state index contributed by atoms with van der Waals surface area (Å²) >= 11 is 3.45. The summed E-state index contributed by atoms with van der Waals surface area (Å²) < 4.78 is 0. The number of alkyl halides is 1. The van der Waals surface area contributed by atoms with Gasteiger partial charge in [0.05, 0.1) is 4.83 Å². The second kappa shape index (κ2) is 4.86. The normalized spacial score (nSPS) is 23.7. The molecular weight excluding hydrogens is 254 g/mol. The van der Waals surface area contributed by atoms with Gasteiger partial charge in [-0.2, -0.15) is 0 Å². The molecule has 0 spiro atoms. The minimum Gasteiger partial charge on any atom is -0.341 e. The molecule has 0 saturated carbocycles. The molecule has 1 rings (SSSR count). The zero-order valence-electron chi connectivity index (χ0n) is 10.2. The molecule has 0 aliphatic carbocycles. The molecule has 1 saturated heterocycles. The van der Waals surface area contributed by atoms with Gasteiger partial charge in [-0.3, -0.25) is 4.79 Å². The topological polar surface area (TPSA) is 20.3 Å². The number of rotatable bonds is 3. The fraction of sp³-hybridized carbons (Fsp3) is 0.917. The number of hydrogen-bond donors (Lipinski definition) is 0. The lowest BCUT2D eigenvalue weighted by Gasteiger charge is -2.38. The van der Waals surface area contributed by atoms with Crippen LogP contribution in [0.2, 0.25) is 0 Å². The van der Waals surface area contributed by atoms with E-state index in [9.17, 15) is 4.79 Å². The number of halogens is 1. The van der Waals surface area contributed by atoms with E-state index in [1.165, 1.54) is 0 Å². The van der Waals surface area contributed by atoms with Gasteiger partial charge in [0.25, 0.3) is 0 Å². The molecule has 2 nitrogen and oxygen atoms in total. The average molecular weight is 276 g/mol. The molecule has 1 atom stereocenters. The third kappa shape index (κ3) is 3.20. The summed E-state index contributed by atoms with van der Waals surface area (Å²) in [4.78, 5) is 14.0. The first-order valence-electron chi connectivity index (χ1n) is 5.77. The zero-order chi connectivity index (χ0) is 11.6. The molecule has 0 aromatic carbocycles. The van der Waals surface area contributed by atoms with Crippen LogP contribution in [-0.4, -0.2) is 28.7 Å². The van der Waals surface area contributed by atoms with E-state index in [1.807, 2.05) is 4.90 Å². The highest BCUT2D eigenvalue weighted by molar-refractivity contribution is 9.10. The molecule has 0 aromatic rings. The van der Waals surface area contributed by atoms with E-state index in [0.717, 1.165) is 25.9 Å². The summed E-state index contributed by atoms with van der Waals surface area (Å²) in [6, 6.07) is 0. The lowest BCUT2D eigenvalue weighted by molar-refractivity contribution is -0.134. The van der Waals surface area contributed by atoms with E-state index in [-0.39, 0.29) is 16.1 Å². The van der Waals surface area contributed by atoms with Crippen LogP contribution in [0, 0.1) is 11.3 Å². The van der Waals surface area contributed by atoms with Crippen LogP contribution in [0.4, 0.5) is 0 Å². The highest BCUT2D eigenvalue weighted by atomic mass is 79.9. The number of hydrogen-bond acceptors (Lipinski definition) is 1. The van der Waals surface area contributed by atoms with Crippen LogP contribution in [0.25, 0.3) is 0 Å². The van der Waals surface area contributed by atoms with E-state index in [1.54, 1.807) is 0 Å². The van der Waals surface area contributed by atoms with Crippen molar-refractivity contribution in [1.29, 1.82) is 0 Å². The van der Waals surface area contributed by atoms with Crippen molar-refractivity contribution in [3.8, 4) is 0 Å². The van der Waals surface area contributed by atoms with E-state index in [2.05, 4.69) is 43.6 Å². The van der Waals surface area contributed by atoms with Crippen molar-refractivity contribution in [2.24, 2.45) is 11.3 Å². The second-order valence-corrected chi connectivity index (χ2v) is 6.62. The number of piperidine rings is 1. The van der Waals surface area contributed by atoms with Gasteiger partial charge < -0.3 is 4.90 Å². The van der Waals surface area contributed by atoms with Gasteiger partial charge in [-0.15, -0.1) is 0 Å². The lowest BCUT2D eigenvalue weighted by atomic mass is 9.80. The van der Waals surface area contributed by atoms with Crippen LogP contribution < -0.4 is 0 Å². The summed E-state index contributed by atoms with van der Waals surface area (Å²) in [5.41, 5.74) is 0.208. The van der Waals surface area contributed by atoms with Crippen molar-refractivity contribution in [3.05, 3.63) is 0 Å². The molecule has 1 fully saturated rings. The summed E-state index contributed by atoms with van der Waals surface area (Å²) in [6.45, 7) is 10.7. The number of carbonyl (C=O) groups is 1. The maximum atomic E-state index is 11.9. The molecule has 1 amide bonds. The lowest BCUT2D eigenvalue weighted by Crippen LogP contribution is -2.47. The first-order chi connectivity index (χ1) is 6.84. The molecule has 88 valence electrons. The highest BCUT2D eigenvalue weighted by Crippen LogP contribution is 2.29. The fourth-order valence-corrected chi connectivity index (χ4v) is 2.34. The molecular formula is C12H22BrNO. The van der Waals surface area contributed by atoms with Gasteiger partial charge in [0.15, 0.2) is 0 Å². The molecule has 1 aliphatic heterocycles. The van der Waals surface area contributed by atoms with Crippen molar-refractivity contribution in [3.63, 3.8) is 0 Å². The Morgan fingerprint density at radius 1 is 1.53 bits per heavy atom. The predicted molar refractivity (Wildman–Crippen MR) is 67.1 cm³/mol. The number of carbonyl (C=O) groups excluding carboxylic acids is 1. The van der Waals surface area contributed by atoms with Crippen molar-refractivity contribution in [2.45, 2.75) is 45.4 Å². The van der Waals surface area contributed by atoms with Crippen LogP contribution in [0.3, 0.4) is 0 Å². The Morgan fingerprint density at radius 3 is 2.67 bits per heavy atom. The van der Waals surface area contributed by atoms with Crippen molar-refractivity contribution >= 4 is 21.8 Å². The number of amides is 1. The molecule has 0 aromatic heterocycles. The van der Waals surface area contributed by atoms with Crippen LogP contribution >= 0.6 is 15.9 Å². The van der Waals surface area contributed by atoms with Crippen LogP contribution in [0.15, 0.2) is 0 Å². The summed E-state index contributed by atoms with van der Waals surface area (Å²) in [5, 5.41) is 0. The SMILES string of the molecule is CC(C)C(C)(C)CN1CCCC(Br)C1=O. The van der Waals surface area contributed by atoms with Crippen LogP contribution in [-0.2, 0) is 4.79 Å². The summed E-state index contributed by atoms with van der Waals surface area (Å²) in [7, 11) is 0. The average Bonchev–Trinajstić information content (AvgIpc) is 2.12. The maximum Gasteiger partial charge on any atom is 0.236 e. The van der Waals surface area contributed by atoms with Gasteiger partial charge in [0.1, 0.15) is 0 Å². The second-order valence-electron chi connectivity index (χ2n) is 5.51. The first kappa shape index (κ1) is 13.0. The van der Waals surface area contributed by atoms with E-state index in [4.69, 9.17) is 0 Å². The summed E-state index contributed by atoms with van der Waals surface area (Å²) in [5.74, 6) is 0.871. The Morgan fingerprint density at radius 2 is 2.13 bits per heavy atom. The minimum atomic E-state index is 0.0502. The smallest absolute Gasteiger partial charge is 0.236 e. The Bertz CT molecular complexity index is 238. The molecule has 1 aliphatic rings. The highest BCUT2D eigenvalue weighted by Gasteiger charge is 2.32. The Balaban J connectivity index is 2.61. The minimum absolute atomic E-state index is 0.0502. The Labute approximate surface area is 102 Å². The van der Waals surface area contributed by atoms with Crippen molar-refractivity contribution in [1.82, 2.24) is 4.90 Å². The van der Waals surface area contributed by atoms with E-state index in [0.29, 0.717) is 5.92 Å². The predicted octanol–water partition coefficient (Wildman–Crippen LogP) is 3.05.